The lowest BCUT2D eigenvalue weighted by Gasteiger charge is -2.31. The van der Waals surface area contributed by atoms with E-state index < -0.39 is 11.9 Å². The van der Waals surface area contributed by atoms with Gasteiger partial charge in [0.1, 0.15) is 0 Å². The van der Waals surface area contributed by atoms with Crippen LogP contribution in [0.5, 0.6) is 0 Å². The molecule has 7 nitrogen and oxygen atoms in total. The van der Waals surface area contributed by atoms with Crippen LogP contribution in [0.3, 0.4) is 0 Å². The number of nitrogens with one attached hydrogen (secondary N) is 1. The van der Waals surface area contributed by atoms with Crippen LogP contribution in [-0.2, 0) is 19.1 Å². The Morgan fingerprint density at radius 1 is 1.24 bits per heavy atom. The molecule has 1 aromatic carbocycles. The maximum Gasteiger partial charge on any atom is 0.339 e. The molecule has 25 heavy (non-hydrogen) atoms. The maximum atomic E-state index is 12.6. The molecule has 7 heteroatoms. The van der Waals surface area contributed by atoms with Gasteiger partial charge in [-0.25, -0.2) is 4.79 Å². The third kappa shape index (κ3) is 3.82. The van der Waals surface area contributed by atoms with Crippen molar-refractivity contribution in [1.29, 1.82) is 0 Å². The molecule has 0 saturated carbocycles. The number of likely N-dealkylation sites (tertiary alicyclic amines) is 1. The summed E-state index contributed by atoms with van der Waals surface area (Å²) < 4.78 is 10.1. The van der Waals surface area contributed by atoms with Crippen molar-refractivity contribution in [2.75, 3.05) is 32.2 Å². The largest absolute Gasteiger partial charge is 0.465 e. The zero-order valence-electron chi connectivity index (χ0n) is 14.2. The summed E-state index contributed by atoms with van der Waals surface area (Å²) in [5.41, 5.74) is 0.695. The van der Waals surface area contributed by atoms with Gasteiger partial charge in [-0.15, -0.1) is 0 Å². The molecule has 1 unspecified atom stereocenters. The highest BCUT2D eigenvalue weighted by molar-refractivity contribution is 6.03. The molecule has 0 bridgehead atoms. The molecule has 2 heterocycles. The minimum atomic E-state index is -0.512. The molecule has 1 aromatic rings. The Balaban J connectivity index is 1.66. The summed E-state index contributed by atoms with van der Waals surface area (Å²) in [6.45, 7) is 1.71. The fraction of sp³-hybridized carbons (Fsp3) is 0.500. The van der Waals surface area contributed by atoms with Crippen molar-refractivity contribution >= 4 is 23.5 Å². The van der Waals surface area contributed by atoms with Gasteiger partial charge in [0.05, 0.1) is 24.3 Å². The molecule has 0 radical (unpaired) electrons. The zero-order valence-corrected chi connectivity index (χ0v) is 14.2. The normalized spacial score (nSPS) is 21.2. The number of benzene rings is 1. The number of carbonyl (C=O) groups is 3. The Kier molecular flexibility index (Phi) is 5.33. The quantitative estimate of drug-likeness (QED) is 0.834. The second-order valence-electron chi connectivity index (χ2n) is 6.32. The Morgan fingerprint density at radius 3 is 2.68 bits per heavy atom. The summed E-state index contributed by atoms with van der Waals surface area (Å²) in [6.07, 6.45) is 1.82. The molecule has 3 rings (SSSR count). The van der Waals surface area contributed by atoms with E-state index in [4.69, 9.17) is 9.47 Å². The van der Waals surface area contributed by atoms with Gasteiger partial charge < -0.3 is 19.7 Å². The Labute approximate surface area is 146 Å². The number of hydrogen-bond acceptors (Lipinski definition) is 5. The number of amides is 2. The second-order valence-corrected chi connectivity index (χ2v) is 6.32. The lowest BCUT2D eigenvalue weighted by atomic mass is 10.1. The van der Waals surface area contributed by atoms with Gasteiger partial charge in [0.15, 0.2) is 0 Å². The highest BCUT2D eigenvalue weighted by atomic mass is 16.5. The molecule has 0 spiro atoms. The summed E-state index contributed by atoms with van der Waals surface area (Å²) in [5.74, 6) is -1.17. The summed E-state index contributed by atoms with van der Waals surface area (Å²) in [5, 5.41) is 2.77. The molecule has 0 aliphatic carbocycles. The van der Waals surface area contributed by atoms with Gasteiger partial charge in [0.25, 0.3) is 0 Å². The molecule has 2 fully saturated rings. The average Bonchev–Trinajstić information content (AvgIpc) is 3.04. The number of rotatable bonds is 4. The van der Waals surface area contributed by atoms with E-state index in [1.54, 1.807) is 29.2 Å². The molecular weight excluding hydrogens is 324 g/mol. The van der Waals surface area contributed by atoms with Crippen LogP contribution in [0, 0.1) is 5.92 Å². The Hall–Kier alpha value is -2.41. The molecule has 134 valence electrons. The number of anilines is 1. The first-order valence-corrected chi connectivity index (χ1v) is 8.45. The predicted octanol–water partition coefficient (Wildman–Crippen LogP) is 1.44. The number of methoxy groups -OCH3 is 1. The van der Waals surface area contributed by atoms with E-state index in [1.807, 2.05) is 0 Å². The van der Waals surface area contributed by atoms with Gasteiger partial charge >= 0.3 is 5.97 Å². The molecule has 2 aliphatic heterocycles. The van der Waals surface area contributed by atoms with E-state index in [0.29, 0.717) is 31.0 Å². The van der Waals surface area contributed by atoms with Crippen LogP contribution in [-0.4, -0.2) is 55.6 Å². The molecule has 1 N–H and O–H groups in total. The lowest BCUT2D eigenvalue weighted by molar-refractivity contribution is -0.131. The minimum absolute atomic E-state index is 0.00769. The van der Waals surface area contributed by atoms with Gasteiger partial charge in [-0.3, -0.25) is 9.59 Å². The van der Waals surface area contributed by atoms with E-state index in [2.05, 4.69) is 5.32 Å². The first-order chi connectivity index (χ1) is 12.1. The topological polar surface area (TPSA) is 84.9 Å². The van der Waals surface area contributed by atoms with E-state index in [-0.39, 0.29) is 24.3 Å². The van der Waals surface area contributed by atoms with Crippen molar-refractivity contribution < 1.29 is 23.9 Å². The molecule has 2 saturated heterocycles. The van der Waals surface area contributed by atoms with Crippen molar-refractivity contribution in [3.05, 3.63) is 29.8 Å². The lowest BCUT2D eigenvalue weighted by Crippen LogP contribution is -2.41. The standard InChI is InChI=1S/C18H22N2O5/c1-24-18(23)14-4-2-3-5-15(14)19-17(22)12-10-16(21)20(11-12)13-6-8-25-9-7-13/h2-5,12-13H,6-11H2,1H3,(H,19,22). The number of ether oxygens (including phenoxy) is 2. The molecule has 2 aliphatic rings. The highest BCUT2D eigenvalue weighted by Crippen LogP contribution is 2.26. The fourth-order valence-corrected chi connectivity index (χ4v) is 3.37. The Bertz CT molecular complexity index is 669. The predicted molar refractivity (Wildman–Crippen MR) is 90.1 cm³/mol. The number of carbonyl (C=O) groups excluding carboxylic acids is 3. The second kappa shape index (κ2) is 7.65. The molecule has 2 amide bonds. The van der Waals surface area contributed by atoms with E-state index in [0.717, 1.165) is 12.8 Å². The molecule has 1 atom stereocenters. The first kappa shape index (κ1) is 17.4. The average molecular weight is 346 g/mol. The van der Waals surface area contributed by atoms with Crippen LogP contribution in [0.4, 0.5) is 5.69 Å². The maximum absolute atomic E-state index is 12.6. The fourth-order valence-electron chi connectivity index (χ4n) is 3.37. The summed E-state index contributed by atoms with van der Waals surface area (Å²) in [7, 11) is 1.29. The number of hydrogen-bond donors (Lipinski definition) is 1. The van der Waals surface area contributed by atoms with Crippen LogP contribution in [0.1, 0.15) is 29.6 Å². The van der Waals surface area contributed by atoms with Crippen molar-refractivity contribution in [2.24, 2.45) is 5.92 Å². The van der Waals surface area contributed by atoms with Crippen LogP contribution < -0.4 is 5.32 Å². The van der Waals surface area contributed by atoms with Crippen LogP contribution in [0.15, 0.2) is 24.3 Å². The zero-order chi connectivity index (χ0) is 17.8. The van der Waals surface area contributed by atoms with Gasteiger partial charge in [-0.1, -0.05) is 12.1 Å². The van der Waals surface area contributed by atoms with Crippen LogP contribution in [0.2, 0.25) is 0 Å². The van der Waals surface area contributed by atoms with Crippen LogP contribution in [0.25, 0.3) is 0 Å². The Morgan fingerprint density at radius 2 is 1.96 bits per heavy atom. The third-order valence-electron chi connectivity index (χ3n) is 4.75. The van der Waals surface area contributed by atoms with Crippen molar-refractivity contribution in [2.45, 2.75) is 25.3 Å². The SMILES string of the molecule is COC(=O)c1ccccc1NC(=O)C1CC(=O)N(C2CCOCC2)C1. The third-order valence-corrected chi connectivity index (χ3v) is 4.75. The van der Waals surface area contributed by atoms with Crippen molar-refractivity contribution in [3.63, 3.8) is 0 Å². The number of para-hydroxylation sites is 1. The van der Waals surface area contributed by atoms with Crippen molar-refractivity contribution in [1.82, 2.24) is 4.90 Å². The molecular formula is C18H22N2O5. The smallest absolute Gasteiger partial charge is 0.339 e. The van der Waals surface area contributed by atoms with Gasteiger partial charge in [0.2, 0.25) is 11.8 Å². The van der Waals surface area contributed by atoms with E-state index >= 15 is 0 Å². The van der Waals surface area contributed by atoms with E-state index in [9.17, 15) is 14.4 Å². The summed E-state index contributed by atoms with van der Waals surface area (Å²) >= 11 is 0. The van der Waals surface area contributed by atoms with Gasteiger partial charge in [-0.2, -0.15) is 0 Å². The van der Waals surface area contributed by atoms with E-state index in [1.165, 1.54) is 7.11 Å². The number of nitrogens with zero attached hydrogens (tertiary/aromatic N) is 1. The van der Waals surface area contributed by atoms with Crippen molar-refractivity contribution in [3.8, 4) is 0 Å². The monoisotopic (exact) mass is 346 g/mol. The van der Waals surface area contributed by atoms with Crippen LogP contribution >= 0.6 is 0 Å². The van der Waals surface area contributed by atoms with Gasteiger partial charge in [-0.05, 0) is 25.0 Å². The summed E-state index contributed by atoms with van der Waals surface area (Å²) in [6, 6.07) is 6.83. The first-order valence-electron chi connectivity index (χ1n) is 8.45. The number of esters is 1. The summed E-state index contributed by atoms with van der Waals surface area (Å²) in [4.78, 5) is 38.5. The van der Waals surface area contributed by atoms with Gasteiger partial charge in [0, 0.05) is 32.2 Å². The molecule has 0 aromatic heterocycles. The minimum Gasteiger partial charge on any atom is -0.465 e. The highest BCUT2D eigenvalue weighted by Gasteiger charge is 2.38.